The minimum absolute atomic E-state index is 0.302. The Hall–Kier alpha value is -2.37. The van der Waals surface area contributed by atoms with Crippen LogP contribution in [0.25, 0.3) is 0 Å². The lowest BCUT2D eigenvalue weighted by Gasteiger charge is -2.13. The molecule has 0 fully saturated rings. The fourth-order valence-corrected chi connectivity index (χ4v) is 2.84. The van der Waals surface area contributed by atoms with Crippen molar-refractivity contribution in [2.24, 2.45) is 0 Å². The molecule has 0 aliphatic rings. The van der Waals surface area contributed by atoms with Crippen LogP contribution in [0.3, 0.4) is 0 Å². The molecule has 6 heteroatoms. The van der Waals surface area contributed by atoms with Crippen molar-refractivity contribution in [2.75, 3.05) is 6.54 Å². The van der Waals surface area contributed by atoms with E-state index in [0.29, 0.717) is 11.6 Å². The number of hydrogen-bond acceptors (Lipinski definition) is 3. The van der Waals surface area contributed by atoms with Gasteiger partial charge in [-0.1, -0.05) is 35.9 Å². The fraction of sp³-hybridized carbons (Fsp3) is 0.250. The van der Waals surface area contributed by atoms with Crippen molar-refractivity contribution in [1.82, 2.24) is 14.9 Å². The molecule has 0 amide bonds. The van der Waals surface area contributed by atoms with Crippen LogP contribution < -0.4 is 10.1 Å². The average molecular weight is 374 g/mol. The van der Waals surface area contributed by atoms with Crippen molar-refractivity contribution in [3.8, 4) is 5.75 Å². The molecule has 136 valence electrons. The molecule has 0 radical (unpaired) electrons. The second-order valence-electron chi connectivity index (χ2n) is 5.96. The molecule has 1 heterocycles. The number of imidazole rings is 1. The number of nitrogens with one attached hydrogen (secondary N) is 1. The van der Waals surface area contributed by atoms with E-state index in [4.69, 9.17) is 16.3 Å². The predicted octanol–water partition coefficient (Wildman–Crippen LogP) is 4.43. The molecule has 1 N–H and O–H groups in total. The van der Waals surface area contributed by atoms with Crippen LogP contribution in [0, 0.1) is 5.82 Å². The lowest BCUT2D eigenvalue weighted by atomic mass is 10.2. The van der Waals surface area contributed by atoms with Gasteiger partial charge in [0.1, 0.15) is 18.2 Å². The summed E-state index contributed by atoms with van der Waals surface area (Å²) >= 11 is 6.06. The molecule has 4 nitrogen and oxygen atoms in total. The number of benzene rings is 2. The van der Waals surface area contributed by atoms with Crippen LogP contribution in [-0.2, 0) is 19.7 Å². The maximum Gasteiger partial charge on any atom is 0.124 e. The van der Waals surface area contributed by atoms with Gasteiger partial charge in [0.2, 0.25) is 0 Å². The summed E-state index contributed by atoms with van der Waals surface area (Å²) in [6.45, 7) is 2.86. The highest BCUT2D eigenvalue weighted by Gasteiger charge is 2.06. The highest BCUT2D eigenvalue weighted by atomic mass is 35.5. The molecule has 3 aromatic rings. The van der Waals surface area contributed by atoms with E-state index < -0.39 is 0 Å². The normalized spacial score (nSPS) is 10.8. The van der Waals surface area contributed by atoms with Crippen molar-refractivity contribution in [1.29, 1.82) is 0 Å². The molecule has 0 unspecified atom stereocenters. The van der Waals surface area contributed by atoms with E-state index in [1.54, 1.807) is 12.3 Å². The van der Waals surface area contributed by atoms with Crippen LogP contribution in [0.4, 0.5) is 4.39 Å². The summed E-state index contributed by atoms with van der Waals surface area (Å²) in [5.41, 5.74) is 1.84. The zero-order valence-corrected chi connectivity index (χ0v) is 15.1. The van der Waals surface area contributed by atoms with E-state index in [-0.39, 0.29) is 5.82 Å². The third-order valence-electron chi connectivity index (χ3n) is 4.02. The zero-order chi connectivity index (χ0) is 18.2. The van der Waals surface area contributed by atoms with Crippen molar-refractivity contribution < 1.29 is 9.13 Å². The van der Waals surface area contributed by atoms with Crippen molar-refractivity contribution in [3.63, 3.8) is 0 Å². The number of aryl methyl sites for hydroxylation is 1. The molecule has 26 heavy (non-hydrogen) atoms. The second-order valence-corrected chi connectivity index (χ2v) is 6.37. The summed E-state index contributed by atoms with van der Waals surface area (Å²) in [4.78, 5) is 4.03. The summed E-state index contributed by atoms with van der Waals surface area (Å²) in [5, 5.41) is 3.81. The Morgan fingerprint density at radius 3 is 2.85 bits per heavy atom. The highest BCUT2D eigenvalue weighted by Crippen LogP contribution is 2.22. The summed E-state index contributed by atoms with van der Waals surface area (Å²) in [7, 11) is 0. The topological polar surface area (TPSA) is 39.1 Å². The van der Waals surface area contributed by atoms with Gasteiger partial charge in [0.15, 0.2) is 0 Å². The molecule has 0 atom stereocenters. The van der Waals surface area contributed by atoms with E-state index in [1.165, 1.54) is 12.1 Å². The molecule has 1 aromatic heterocycles. The first-order valence-corrected chi connectivity index (χ1v) is 8.91. The van der Waals surface area contributed by atoms with E-state index in [1.807, 2.05) is 36.8 Å². The van der Waals surface area contributed by atoms with Crippen LogP contribution in [0.2, 0.25) is 5.02 Å². The lowest BCUT2D eigenvalue weighted by Crippen LogP contribution is -2.17. The van der Waals surface area contributed by atoms with Gasteiger partial charge in [0.05, 0.1) is 11.3 Å². The van der Waals surface area contributed by atoms with Gasteiger partial charge < -0.3 is 14.6 Å². The SMILES string of the molecule is Fc1ccc(COc2ccccc2CNCCCn2ccnc2)c(Cl)c1. The lowest BCUT2D eigenvalue weighted by molar-refractivity contribution is 0.302. The highest BCUT2D eigenvalue weighted by molar-refractivity contribution is 6.31. The summed E-state index contributed by atoms with van der Waals surface area (Å²) in [6.07, 6.45) is 6.59. The number of para-hydroxylation sites is 1. The Morgan fingerprint density at radius 1 is 1.15 bits per heavy atom. The molecule has 0 bridgehead atoms. The third kappa shape index (κ3) is 5.31. The number of rotatable bonds is 9. The Bertz CT molecular complexity index is 824. The molecule has 0 saturated carbocycles. The van der Waals surface area contributed by atoms with E-state index >= 15 is 0 Å². The van der Waals surface area contributed by atoms with Crippen LogP contribution in [0.15, 0.2) is 61.2 Å². The van der Waals surface area contributed by atoms with Gasteiger partial charge in [-0.25, -0.2) is 9.37 Å². The van der Waals surface area contributed by atoms with Gasteiger partial charge in [-0.2, -0.15) is 0 Å². The molecular formula is C20H21ClFN3O. The van der Waals surface area contributed by atoms with Gasteiger partial charge in [-0.15, -0.1) is 0 Å². The number of ether oxygens (including phenoxy) is 1. The van der Waals surface area contributed by atoms with Crippen LogP contribution in [0.5, 0.6) is 5.75 Å². The van der Waals surface area contributed by atoms with E-state index in [9.17, 15) is 4.39 Å². The molecule has 0 saturated heterocycles. The van der Waals surface area contributed by atoms with Crippen molar-refractivity contribution in [2.45, 2.75) is 26.1 Å². The van der Waals surface area contributed by atoms with Crippen LogP contribution >= 0.6 is 11.6 Å². The Morgan fingerprint density at radius 2 is 2.04 bits per heavy atom. The minimum Gasteiger partial charge on any atom is -0.489 e. The molecule has 3 rings (SSSR count). The fourth-order valence-electron chi connectivity index (χ4n) is 2.61. The first kappa shape index (κ1) is 18.4. The first-order valence-electron chi connectivity index (χ1n) is 8.53. The molecule has 0 spiro atoms. The molecule has 0 aliphatic carbocycles. The van der Waals surface area contributed by atoms with Gasteiger partial charge in [0, 0.05) is 36.6 Å². The van der Waals surface area contributed by atoms with Crippen LogP contribution in [0.1, 0.15) is 17.5 Å². The Balaban J connectivity index is 1.49. The van der Waals surface area contributed by atoms with Crippen LogP contribution in [-0.4, -0.2) is 16.1 Å². The predicted molar refractivity (Wildman–Crippen MR) is 101 cm³/mol. The number of halogens is 2. The minimum atomic E-state index is -0.348. The van der Waals surface area contributed by atoms with Crippen molar-refractivity contribution >= 4 is 11.6 Å². The van der Waals surface area contributed by atoms with E-state index in [2.05, 4.69) is 14.9 Å². The van der Waals surface area contributed by atoms with Gasteiger partial charge in [-0.3, -0.25) is 0 Å². The van der Waals surface area contributed by atoms with Crippen molar-refractivity contribution in [3.05, 3.63) is 83.2 Å². The maximum atomic E-state index is 13.1. The standard InChI is InChI=1S/C20H21ClFN3O/c21-19-12-18(22)7-6-17(19)14-26-20-5-2-1-4-16(20)13-23-8-3-10-25-11-9-24-15-25/h1-2,4-7,9,11-12,15,23H,3,8,10,13-14H2. The number of nitrogens with zero attached hydrogens (tertiary/aromatic N) is 2. The first-order chi connectivity index (χ1) is 12.7. The molecule has 0 aliphatic heterocycles. The van der Waals surface area contributed by atoms with Gasteiger partial charge >= 0.3 is 0 Å². The number of aromatic nitrogens is 2. The Kier molecular flexibility index (Phi) is 6.63. The Labute approximate surface area is 157 Å². The average Bonchev–Trinajstić information content (AvgIpc) is 3.15. The number of hydrogen-bond donors (Lipinski definition) is 1. The zero-order valence-electron chi connectivity index (χ0n) is 14.4. The van der Waals surface area contributed by atoms with E-state index in [0.717, 1.165) is 42.9 Å². The second kappa shape index (κ2) is 9.36. The molecule has 2 aromatic carbocycles. The summed E-state index contributed by atoms with van der Waals surface area (Å²) < 4.78 is 21.1. The van der Waals surface area contributed by atoms with Gasteiger partial charge in [-0.05, 0) is 31.2 Å². The third-order valence-corrected chi connectivity index (χ3v) is 4.37. The summed E-state index contributed by atoms with van der Waals surface area (Å²) in [5.74, 6) is 0.453. The smallest absolute Gasteiger partial charge is 0.124 e. The summed E-state index contributed by atoms with van der Waals surface area (Å²) in [6, 6.07) is 12.2. The quantitative estimate of drug-likeness (QED) is 0.564. The molecular weight excluding hydrogens is 353 g/mol. The maximum absolute atomic E-state index is 13.1. The monoisotopic (exact) mass is 373 g/mol. The van der Waals surface area contributed by atoms with Gasteiger partial charge in [0.25, 0.3) is 0 Å². The largest absolute Gasteiger partial charge is 0.489 e.